The highest BCUT2D eigenvalue weighted by molar-refractivity contribution is 5.82. The molecular formula is C20H16N4O2. The van der Waals surface area contributed by atoms with E-state index in [9.17, 15) is 0 Å². The Balaban J connectivity index is 1.62. The normalized spacial score (nSPS) is 12.9. The molecule has 0 saturated heterocycles. The lowest BCUT2D eigenvalue weighted by Gasteiger charge is -2.19. The molecule has 4 aromatic rings. The van der Waals surface area contributed by atoms with E-state index in [4.69, 9.17) is 9.68 Å². The van der Waals surface area contributed by atoms with Gasteiger partial charge in [0.1, 0.15) is 17.1 Å². The molecule has 3 heterocycles. The second-order valence-electron chi connectivity index (χ2n) is 6.00. The monoisotopic (exact) mass is 344 g/mol. The lowest BCUT2D eigenvalue weighted by atomic mass is 10.1. The third-order valence-corrected chi connectivity index (χ3v) is 4.49. The summed E-state index contributed by atoms with van der Waals surface area (Å²) in [5.41, 5.74) is 8.68. The van der Waals surface area contributed by atoms with E-state index in [0.717, 1.165) is 39.6 Å². The molecule has 0 saturated carbocycles. The average Bonchev–Trinajstić information content (AvgIpc) is 3.33. The maximum absolute atomic E-state index is 5.69. The van der Waals surface area contributed by atoms with E-state index < -0.39 is 0 Å². The van der Waals surface area contributed by atoms with Gasteiger partial charge in [0.15, 0.2) is 0 Å². The largest absolute Gasteiger partial charge is 0.494 e. The summed E-state index contributed by atoms with van der Waals surface area (Å²) in [7, 11) is 1.66. The number of rotatable bonds is 3. The smallest absolute Gasteiger partial charge is 0.145 e. The van der Waals surface area contributed by atoms with Gasteiger partial charge < -0.3 is 9.14 Å². The van der Waals surface area contributed by atoms with Crippen LogP contribution in [0.4, 0.5) is 17.1 Å². The van der Waals surface area contributed by atoms with Crippen molar-refractivity contribution in [2.24, 2.45) is 0 Å². The molecule has 128 valence electrons. The maximum atomic E-state index is 5.69. The van der Waals surface area contributed by atoms with Crippen LogP contribution >= 0.6 is 0 Å². The molecule has 0 atom stereocenters. The van der Waals surface area contributed by atoms with Gasteiger partial charge >= 0.3 is 0 Å². The molecule has 0 unspecified atom stereocenters. The number of aromatic nitrogens is 2. The van der Waals surface area contributed by atoms with Gasteiger partial charge in [-0.2, -0.15) is 10.0 Å². The second kappa shape index (κ2) is 5.79. The first-order valence-electron chi connectivity index (χ1n) is 8.27. The highest BCUT2D eigenvalue weighted by Gasteiger charge is 2.24. The van der Waals surface area contributed by atoms with Crippen LogP contribution < -0.4 is 15.3 Å². The van der Waals surface area contributed by atoms with Gasteiger partial charge in [0.05, 0.1) is 18.5 Å². The fourth-order valence-electron chi connectivity index (χ4n) is 3.18. The Morgan fingerprint density at radius 3 is 2.81 bits per heavy atom. The number of anilines is 3. The molecule has 1 aliphatic heterocycles. The number of pyridine rings is 1. The lowest BCUT2D eigenvalue weighted by molar-refractivity contribution is 0.212. The molecule has 5 rings (SSSR count). The van der Waals surface area contributed by atoms with Crippen LogP contribution in [0.15, 0.2) is 73.2 Å². The predicted molar refractivity (Wildman–Crippen MR) is 100 cm³/mol. The molecule has 2 aromatic carbocycles. The SMILES string of the molecule is COc1ccc(-c2ccc3nccn3c2)cc1N1ONc2ccccc21. The van der Waals surface area contributed by atoms with Crippen LogP contribution in [0.25, 0.3) is 16.8 Å². The number of fused-ring (bicyclic) bond motifs is 2. The van der Waals surface area contributed by atoms with E-state index in [2.05, 4.69) is 28.8 Å². The number of hydrogen-bond acceptors (Lipinski definition) is 5. The Labute approximate surface area is 150 Å². The number of nitrogens with one attached hydrogen (secondary N) is 1. The summed E-state index contributed by atoms with van der Waals surface area (Å²) in [4.78, 5) is 9.98. The first kappa shape index (κ1) is 14.8. The average molecular weight is 344 g/mol. The van der Waals surface area contributed by atoms with Gasteiger partial charge in [-0.25, -0.2) is 10.5 Å². The number of para-hydroxylation sites is 2. The Kier molecular flexibility index (Phi) is 3.29. The van der Waals surface area contributed by atoms with Gasteiger partial charge in [-0.15, -0.1) is 0 Å². The van der Waals surface area contributed by atoms with E-state index >= 15 is 0 Å². The van der Waals surface area contributed by atoms with Crippen LogP contribution in [-0.2, 0) is 4.94 Å². The molecule has 0 spiro atoms. The second-order valence-corrected chi connectivity index (χ2v) is 6.00. The Morgan fingerprint density at radius 1 is 1.00 bits per heavy atom. The minimum Gasteiger partial charge on any atom is -0.494 e. The van der Waals surface area contributed by atoms with Crippen molar-refractivity contribution in [2.45, 2.75) is 0 Å². The first-order chi connectivity index (χ1) is 12.8. The third kappa shape index (κ3) is 2.28. The van der Waals surface area contributed by atoms with Crippen molar-refractivity contribution >= 4 is 22.7 Å². The van der Waals surface area contributed by atoms with Gasteiger partial charge in [0.25, 0.3) is 0 Å². The molecule has 0 aliphatic carbocycles. The number of benzene rings is 2. The van der Waals surface area contributed by atoms with Gasteiger partial charge in [-0.05, 0) is 47.5 Å². The maximum Gasteiger partial charge on any atom is 0.145 e. The summed E-state index contributed by atoms with van der Waals surface area (Å²) in [5, 5.41) is 1.74. The highest BCUT2D eigenvalue weighted by atomic mass is 16.8. The lowest BCUT2D eigenvalue weighted by Crippen LogP contribution is -2.14. The molecule has 0 fully saturated rings. The zero-order valence-electron chi connectivity index (χ0n) is 14.1. The van der Waals surface area contributed by atoms with E-state index in [-0.39, 0.29) is 0 Å². The molecular weight excluding hydrogens is 328 g/mol. The summed E-state index contributed by atoms with van der Waals surface area (Å²) in [6, 6.07) is 18.0. The zero-order valence-corrected chi connectivity index (χ0v) is 14.1. The fourth-order valence-corrected chi connectivity index (χ4v) is 3.18. The molecule has 2 aromatic heterocycles. The predicted octanol–water partition coefficient (Wildman–Crippen LogP) is 4.42. The Bertz CT molecular complexity index is 1110. The van der Waals surface area contributed by atoms with Crippen molar-refractivity contribution in [2.75, 3.05) is 17.7 Å². The van der Waals surface area contributed by atoms with Crippen LogP contribution in [0.3, 0.4) is 0 Å². The van der Waals surface area contributed by atoms with Gasteiger partial charge in [0, 0.05) is 18.6 Å². The summed E-state index contributed by atoms with van der Waals surface area (Å²) < 4.78 is 7.56. The number of ether oxygens (including phenoxy) is 1. The van der Waals surface area contributed by atoms with Crippen molar-refractivity contribution in [3.05, 3.63) is 73.2 Å². The van der Waals surface area contributed by atoms with E-state index in [1.807, 2.05) is 53.1 Å². The third-order valence-electron chi connectivity index (χ3n) is 4.49. The summed E-state index contributed by atoms with van der Waals surface area (Å²) in [5.74, 6) is 0.732. The van der Waals surface area contributed by atoms with Crippen LogP contribution in [0.1, 0.15) is 0 Å². The topological polar surface area (TPSA) is 51.0 Å². The minimum absolute atomic E-state index is 0.732. The number of hydrogen-bond donors (Lipinski definition) is 1. The number of nitrogens with zero attached hydrogens (tertiary/aromatic N) is 3. The first-order valence-corrected chi connectivity index (χ1v) is 8.27. The fraction of sp³-hybridized carbons (Fsp3) is 0.0500. The molecule has 1 N–H and O–H groups in total. The van der Waals surface area contributed by atoms with Crippen LogP contribution in [0.2, 0.25) is 0 Å². The molecule has 1 aliphatic rings. The van der Waals surface area contributed by atoms with E-state index in [1.165, 1.54) is 0 Å². The van der Waals surface area contributed by atoms with Gasteiger partial charge in [-0.1, -0.05) is 18.2 Å². The zero-order chi connectivity index (χ0) is 17.5. The van der Waals surface area contributed by atoms with Crippen molar-refractivity contribution in [1.29, 1.82) is 0 Å². The minimum atomic E-state index is 0.732. The van der Waals surface area contributed by atoms with E-state index in [1.54, 1.807) is 18.4 Å². The number of imidazole rings is 1. The highest BCUT2D eigenvalue weighted by Crippen LogP contribution is 2.42. The molecule has 0 amide bonds. The summed E-state index contributed by atoms with van der Waals surface area (Å²) in [6.45, 7) is 0. The Morgan fingerprint density at radius 2 is 1.88 bits per heavy atom. The van der Waals surface area contributed by atoms with Gasteiger partial charge in [-0.3, -0.25) is 0 Å². The van der Waals surface area contributed by atoms with Gasteiger partial charge in [0.2, 0.25) is 0 Å². The quantitative estimate of drug-likeness (QED) is 0.596. The van der Waals surface area contributed by atoms with Crippen molar-refractivity contribution in [3.63, 3.8) is 0 Å². The molecule has 0 bridgehead atoms. The van der Waals surface area contributed by atoms with Crippen LogP contribution in [-0.4, -0.2) is 16.5 Å². The van der Waals surface area contributed by atoms with Crippen molar-refractivity contribution in [1.82, 2.24) is 9.38 Å². The summed E-state index contributed by atoms with van der Waals surface area (Å²) in [6.07, 6.45) is 5.79. The van der Waals surface area contributed by atoms with Crippen molar-refractivity contribution < 1.29 is 9.68 Å². The van der Waals surface area contributed by atoms with Crippen molar-refractivity contribution in [3.8, 4) is 16.9 Å². The molecule has 26 heavy (non-hydrogen) atoms. The standard InChI is InChI=1S/C20H16N4O2/c1-25-19-8-6-14(15-7-9-20-21-10-11-23(20)13-15)12-18(19)24-17-5-3-2-4-16(17)22-26-24/h2-13,22H,1H3. The molecule has 6 nitrogen and oxygen atoms in total. The molecule has 6 heteroatoms. The molecule has 0 radical (unpaired) electrons. The number of methoxy groups -OCH3 is 1. The van der Waals surface area contributed by atoms with Crippen LogP contribution in [0.5, 0.6) is 5.75 Å². The van der Waals surface area contributed by atoms with E-state index in [0.29, 0.717) is 0 Å². The summed E-state index contributed by atoms with van der Waals surface area (Å²) >= 11 is 0. The van der Waals surface area contributed by atoms with Crippen LogP contribution in [0, 0.1) is 0 Å². The Hall–Kier alpha value is -3.51.